The zero-order chi connectivity index (χ0) is 22.5. The lowest BCUT2D eigenvalue weighted by molar-refractivity contribution is -0.115. The van der Waals surface area contributed by atoms with Gasteiger partial charge in [0.25, 0.3) is 0 Å². The third kappa shape index (κ3) is 5.03. The summed E-state index contributed by atoms with van der Waals surface area (Å²) in [4.78, 5) is 36.8. The van der Waals surface area contributed by atoms with Crippen LogP contribution in [-0.4, -0.2) is 39.2 Å². The highest BCUT2D eigenvalue weighted by Crippen LogP contribution is 2.30. The SMILES string of the molecule is COC(=O)c1cc(NC(=O)Cc2c(OC)ccc3cc(Br)ccc23)cc(C(=O)OC)c1. The van der Waals surface area contributed by atoms with Crippen LogP contribution in [0.3, 0.4) is 0 Å². The first-order chi connectivity index (χ1) is 14.9. The first-order valence-corrected chi connectivity index (χ1v) is 10.0. The standard InChI is InChI=1S/C23H20BrNO6/c1-29-20-7-4-13-9-16(24)5-6-18(13)19(20)12-21(26)25-17-10-14(22(27)30-2)8-15(11-17)23(28)31-3/h4-11H,12H2,1-3H3,(H,25,26). The number of esters is 2. The van der Waals surface area contributed by atoms with Gasteiger partial charge < -0.3 is 19.5 Å². The van der Waals surface area contributed by atoms with Gasteiger partial charge in [-0.15, -0.1) is 0 Å². The molecule has 0 atom stereocenters. The van der Waals surface area contributed by atoms with Crippen molar-refractivity contribution in [2.45, 2.75) is 6.42 Å². The van der Waals surface area contributed by atoms with Crippen molar-refractivity contribution in [2.75, 3.05) is 26.6 Å². The minimum absolute atomic E-state index is 0.0259. The Bertz CT molecular complexity index is 1140. The van der Waals surface area contributed by atoms with Gasteiger partial charge in [-0.2, -0.15) is 0 Å². The predicted molar refractivity (Wildman–Crippen MR) is 120 cm³/mol. The minimum atomic E-state index is -0.637. The van der Waals surface area contributed by atoms with E-state index in [1.54, 1.807) is 7.11 Å². The Hall–Kier alpha value is -3.39. The number of nitrogens with one attached hydrogen (secondary N) is 1. The molecule has 1 N–H and O–H groups in total. The van der Waals surface area contributed by atoms with E-state index in [4.69, 9.17) is 14.2 Å². The first kappa shape index (κ1) is 22.3. The fourth-order valence-corrected chi connectivity index (χ4v) is 3.63. The van der Waals surface area contributed by atoms with Crippen LogP contribution in [0.1, 0.15) is 26.3 Å². The molecule has 0 fully saturated rings. The average molecular weight is 486 g/mol. The van der Waals surface area contributed by atoms with E-state index >= 15 is 0 Å². The number of amides is 1. The van der Waals surface area contributed by atoms with Crippen molar-refractivity contribution in [3.63, 3.8) is 0 Å². The largest absolute Gasteiger partial charge is 0.496 e. The van der Waals surface area contributed by atoms with E-state index in [-0.39, 0.29) is 29.1 Å². The quantitative estimate of drug-likeness (QED) is 0.521. The fourth-order valence-electron chi connectivity index (χ4n) is 3.26. The number of carbonyl (C=O) groups is 3. The summed E-state index contributed by atoms with van der Waals surface area (Å²) in [5, 5.41) is 4.58. The van der Waals surface area contributed by atoms with Crippen molar-refractivity contribution in [3.05, 3.63) is 69.7 Å². The van der Waals surface area contributed by atoms with E-state index in [2.05, 4.69) is 21.2 Å². The fraction of sp³-hybridized carbons (Fsp3) is 0.174. The van der Waals surface area contributed by atoms with Gasteiger partial charge in [-0.1, -0.05) is 28.1 Å². The minimum Gasteiger partial charge on any atom is -0.496 e. The van der Waals surface area contributed by atoms with Gasteiger partial charge in [0.05, 0.1) is 38.9 Å². The molecule has 3 aromatic rings. The highest BCUT2D eigenvalue weighted by Gasteiger charge is 2.17. The second-order valence-electron chi connectivity index (χ2n) is 6.62. The number of anilines is 1. The molecule has 0 spiro atoms. The van der Waals surface area contributed by atoms with Gasteiger partial charge in [0.2, 0.25) is 5.91 Å². The molecule has 0 aliphatic heterocycles. The molecule has 0 aliphatic carbocycles. The molecule has 0 aliphatic rings. The molecular weight excluding hydrogens is 466 g/mol. The Labute approximate surface area is 187 Å². The molecule has 8 heteroatoms. The molecule has 0 heterocycles. The Morgan fingerprint density at radius 1 is 0.871 bits per heavy atom. The lowest BCUT2D eigenvalue weighted by atomic mass is 10.0. The van der Waals surface area contributed by atoms with Crippen LogP contribution in [0, 0.1) is 0 Å². The zero-order valence-corrected chi connectivity index (χ0v) is 18.7. The summed E-state index contributed by atoms with van der Waals surface area (Å²) in [7, 11) is 4.01. The maximum atomic E-state index is 12.9. The number of rotatable bonds is 6. The predicted octanol–water partition coefficient (Wildman–Crippen LogP) is 4.37. The molecule has 3 aromatic carbocycles. The van der Waals surface area contributed by atoms with Gasteiger partial charge in [-0.3, -0.25) is 4.79 Å². The van der Waals surface area contributed by atoms with Crippen molar-refractivity contribution in [2.24, 2.45) is 0 Å². The number of halogens is 1. The number of carbonyl (C=O) groups excluding carboxylic acids is 3. The summed E-state index contributed by atoms with van der Waals surface area (Å²) >= 11 is 3.45. The molecule has 7 nitrogen and oxygen atoms in total. The lowest BCUT2D eigenvalue weighted by Gasteiger charge is -2.13. The van der Waals surface area contributed by atoms with Crippen LogP contribution in [-0.2, 0) is 20.7 Å². The summed E-state index contributed by atoms with van der Waals surface area (Å²) in [6, 6.07) is 13.7. The van der Waals surface area contributed by atoms with E-state index in [1.807, 2.05) is 30.3 Å². The molecule has 3 rings (SSSR count). The Morgan fingerprint density at radius 3 is 2.10 bits per heavy atom. The highest BCUT2D eigenvalue weighted by molar-refractivity contribution is 9.10. The van der Waals surface area contributed by atoms with Gasteiger partial charge >= 0.3 is 11.9 Å². The Balaban J connectivity index is 1.94. The van der Waals surface area contributed by atoms with E-state index in [0.717, 1.165) is 20.8 Å². The van der Waals surface area contributed by atoms with Crippen LogP contribution in [0.2, 0.25) is 0 Å². The van der Waals surface area contributed by atoms with Crippen molar-refractivity contribution < 1.29 is 28.6 Å². The van der Waals surface area contributed by atoms with E-state index in [9.17, 15) is 14.4 Å². The van der Waals surface area contributed by atoms with Crippen LogP contribution in [0.15, 0.2) is 53.0 Å². The Morgan fingerprint density at radius 2 is 1.52 bits per heavy atom. The van der Waals surface area contributed by atoms with Crippen LogP contribution >= 0.6 is 15.9 Å². The third-order valence-corrected chi connectivity index (χ3v) is 5.16. The number of benzene rings is 3. The van der Waals surface area contributed by atoms with E-state index in [1.165, 1.54) is 32.4 Å². The molecule has 31 heavy (non-hydrogen) atoms. The van der Waals surface area contributed by atoms with Crippen molar-refractivity contribution in [1.82, 2.24) is 0 Å². The number of methoxy groups -OCH3 is 3. The van der Waals surface area contributed by atoms with Crippen LogP contribution < -0.4 is 10.1 Å². The zero-order valence-electron chi connectivity index (χ0n) is 17.2. The normalized spacial score (nSPS) is 10.5. The number of hydrogen-bond acceptors (Lipinski definition) is 6. The van der Waals surface area contributed by atoms with Gasteiger partial charge in [0, 0.05) is 15.7 Å². The monoisotopic (exact) mass is 485 g/mol. The molecule has 0 saturated heterocycles. The van der Waals surface area contributed by atoms with Gasteiger partial charge in [-0.25, -0.2) is 9.59 Å². The van der Waals surface area contributed by atoms with Crippen LogP contribution in [0.25, 0.3) is 10.8 Å². The Kier molecular flexibility index (Phi) is 6.91. The van der Waals surface area contributed by atoms with Crippen molar-refractivity contribution >= 4 is 50.2 Å². The summed E-state index contributed by atoms with van der Waals surface area (Å²) in [5.74, 6) is -1.03. The second-order valence-corrected chi connectivity index (χ2v) is 7.53. The molecule has 160 valence electrons. The molecular formula is C23H20BrNO6. The maximum absolute atomic E-state index is 12.9. The summed E-state index contributed by atoms with van der Waals surface area (Å²) in [5.41, 5.74) is 1.24. The molecule has 0 unspecified atom stereocenters. The van der Waals surface area contributed by atoms with Gasteiger partial charge in [-0.05, 0) is 47.2 Å². The van der Waals surface area contributed by atoms with Crippen molar-refractivity contribution in [1.29, 1.82) is 0 Å². The van der Waals surface area contributed by atoms with Gasteiger partial charge in [0.1, 0.15) is 5.75 Å². The lowest BCUT2D eigenvalue weighted by Crippen LogP contribution is -2.16. The second kappa shape index (κ2) is 9.61. The molecule has 0 radical (unpaired) electrons. The summed E-state index contributed by atoms with van der Waals surface area (Å²) in [6.45, 7) is 0. The number of hydrogen-bond donors (Lipinski definition) is 1. The molecule has 1 amide bonds. The van der Waals surface area contributed by atoms with Crippen LogP contribution in [0.4, 0.5) is 5.69 Å². The van der Waals surface area contributed by atoms with E-state index in [0.29, 0.717) is 5.75 Å². The summed E-state index contributed by atoms with van der Waals surface area (Å²) < 4.78 is 15.8. The topological polar surface area (TPSA) is 90.9 Å². The maximum Gasteiger partial charge on any atom is 0.337 e. The average Bonchev–Trinajstić information content (AvgIpc) is 2.77. The van der Waals surface area contributed by atoms with E-state index < -0.39 is 11.9 Å². The van der Waals surface area contributed by atoms with Crippen molar-refractivity contribution in [3.8, 4) is 5.75 Å². The van der Waals surface area contributed by atoms with Crippen LogP contribution in [0.5, 0.6) is 5.75 Å². The smallest absolute Gasteiger partial charge is 0.337 e. The number of fused-ring (bicyclic) bond motifs is 1. The molecule has 0 bridgehead atoms. The first-order valence-electron chi connectivity index (χ1n) is 9.23. The highest BCUT2D eigenvalue weighted by atomic mass is 79.9. The summed E-state index contributed by atoms with van der Waals surface area (Å²) in [6.07, 6.45) is 0.0259. The number of ether oxygens (including phenoxy) is 3. The third-order valence-electron chi connectivity index (χ3n) is 4.67. The molecule has 0 saturated carbocycles. The van der Waals surface area contributed by atoms with Gasteiger partial charge in [0.15, 0.2) is 0 Å². The molecule has 0 aromatic heterocycles.